The van der Waals surface area contributed by atoms with Gasteiger partial charge in [0.1, 0.15) is 5.40 Å². The second-order valence-corrected chi connectivity index (χ2v) is 4.39. The molecule has 0 bridgehead atoms. The molecule has 0 aliphatic carbocycles. The molecule has 0 aliphatic heterocycles. The van der Waals surface area contributed by atoms with Crippen molar-refractivity contribution in [2.24, 2.45) is 0 Å². The van der Waals surface area contributed by atoms with E-state index >= 15 is 0 Å². The minimum Gasteiger partial charge on any atom is -0.204 e. The monoisotopic (exact) mass is 241 g/mol. The van der Waals surface area contributed by atoms with E-state index in [9.17, 15) is 8.78 Å². The molecule has 0 heterocycles. The molecule has 1 atom stereocenters. The van der Waals surface area contributed by atoms with Gasteiger partial charge in [-0.3, -0.25) is 0 Å². The van der Waals surface area contributed by atoms with Crippen molar-refractivity contribution in [3.05, 3.63) is 35.4 Å². The van der Waals surface area contributed by atoms with Gasteiger partial charge >= 0.3 is 0 Å². The van der Waals surface area contributed by atoms with Crippen LogP contribution in [0.15, 0.2) is 18.2 Å². The lowest BCUT2D eigenvalue weighted by Gasteiger charge is -2.14. The summed E-state index contributed by atoms with van der Waals surface area (Å²) in [5.41, 5.74) is 0.805. The Bertz CT molecular complexity index is 387. The summed E-state index contributed by atoms with van der Waals surface area (Å²) in [4.78, 5) is 0. The van der Waals surface area contributed by atoms with Gasteiger partial charge in [-0.15, -0.1) is 0 Å². The van der Waals surface area contributed by atoms with Crippen LogP contribution in [0.2, 0.25) is 0 Å². The fourth-order valence-corrected chi connectivity index (χ4v) is 2.11. The minimum absolute atomic E-state index is 0.191. The average molecular weight is 241 g/mol. The summed E-state index contributed by atoms with van der Waals surface area (Å²) in [5, 5.41) is 10.4. The summed E-state index contributed by atoms with van der Waals surface area (Å²) in [5.74, 6) is -0.710. The maximum Gasteiger partial charge on any atom is 0.159 e. The number of nitriles is 1. The predicted molar refractivity (Wildman–Crippen MR) is 62.1 cm³/mol. The van der Waals surface area contributed by atoms with Gasteiger partial charge in [0.05, 0.1) is 0 Å². The van der Waals surface area contributed by atoms with E-state index in [1.54, 1.807) is 6.07 Å². The van der Waals surface area contributed by atoms with E-state index < -0.39 is 11.6 Å². The zero-order valence-electron chi connectivity index (χ0n) is 9.04. The van der Waals surface area contributed by atoms with Crippen LogP contribution in [0.5, 0.6) is 0 Å². The second kappa shape index (κ2) is 6.49. The zero-order valence-corrected chi connectivity index (χ0v) is 9.86. The SMILES string of the molecule is CCC(CCSC#N)c1ccc(F)c(F)c1. The van der Waals surface area contributed by atoms with Crippen molar-refractivity contribution in [2.75, 3.05) is 5.75 Å². The molecule has 4 heteroatoms. The fourth-order valence-electron chi connectivity index (χ4n) is 1.62. The number of halogens is 2. The highest BCUT2D eigenvalue weighted by Crippen LogP contribution is 2.26. The second-order valence-electron chi connectivity index (χ2n) is 3.51. The molecule has 0 radical (unpaired) electrons. The summed E-state index contributed by atoms with van der Waals surface area (Å²) < 4.78 is 25.8. The Morgan fingerprint density at radius 2 is 2.12 bits per heavy atom. The van der Waals surface area contributed by atoms with E-state index in [2.05, 4.69) is 0 Å². The van der Waals surface area contributed by atoms with E-state index in [1.165, 1.54) is 17.8 Å². The Kier molecular flexibility index (Phi) is 5.27. The van der Waals surface area contributed by atoms with Crippen LogP contribution in [0.4, 0.5) is 8.78 Å². The lowest BCUT2D eigenvalue weighted by atomic mass is 9.94. The van der Waals surface area contributed by atoms with Crippen molar-refractivity contribution in [3.8, 4) is 5.40 Å². The Morgan fingerprint density at radius 3 is 2.69 bits per heavy atom. The van der Waals surface area contributed by atoms with E-state index in [0.29, 0.717) is 5.75 Å². The number of rotatable bonds is 5. The van der Waals surface area contributed by atoms with E-state index in [4.69, 9.17) is 5.26 Å². The smallest absolute Gasteiger partial charge is 0.159 e. The molecule has 1 nitrogen and oxygen atoms in total. The van der Waals surface area contributed by atoms with Gasteiger partial charge in [0.2, 0.25) is 0 Å². The van der Waals surface area contributed by atoms with Gasteiger partial charge < -0.3 is 0 Å². The quantitative estimate of drug-likeness (QED) is 0.573. The molecule has 0 N–H and O–H groups in total. The summed E-state index contributed by atoms with van der Waals surface area (Å²) in [7, 11) is 0. The summed E-state index contributed by atoms with van der Waals surface area (Å²) >= 11 is 1.19. The molecule has 0 amide bonds. The largest absolute Gasteiger partial charge is 0.204 e. The van der Waals surface area contributed by atoms with Gasteiger partial charge in [0.15, 0.2) is 11.6 Å². The lowest BCUT2D eigenvalue weighted by Crippen LogP contribution is -2.00. The number of nitrogens with zero attached hydrogens (tertiary/aromatic N) is 1. The number of thioether (sulfide) groups is 1. The molecule has 86 valence electrons. The molecule has 0 saturated carbocycles. The van der Waals surface area contributed by atoms with Crippen LogP contribution >= 0.6 is 11.8 Å². The Balaban J connectivity index is 2.71. The molecule has 0 aliphatic rings. The molecule has 1 aromatic carbocycles. The Labute approximate surface area is 98.5 Å². The third-order valence-corrected chi connectivity index (χ3v) is 3.11. The normalized spacial score (nSPS) is 12.1. The first kappa shape index (κ1) is 13.0. The van der Waals surface area contributed by atoms with Crippen LogP contribution in [0.3, 0.4) is 0 Å². The topological polar surface area (TPSA) is 23.8 Å². The Hall–Kier alpha value is -1.08. The number of hydrogen-bond donors (Lipinski definition) is 0. The lowest BCUT2D eigenvalue weighted by molar-refractivity contribution is 0.503. The van der Waals surface area contributed by atoms with Crippen molar-refractivity contribution >= 4 is 11.8 Å². The van der Waals surface area contributed by atoms with Crippen LogP contribution in [0.25, 0.3) is 0 Å². The highest BCUT2D eigenvalue weighted by atomic mass is 32.2. The van der Waals surface area contributed by atoms with Crippen molar-refractivity contribution < 1.29 is 8.78 Å². The van der Waals surface area contributed by atoms with Gasteiger partial charge in [-0.1, -0.05) is 13.0 Å². The molecular weight excluding hydrogens is 228 g/mol. The number of benzene rings is 1. The van der Waals surface area contributed by atoms with Gasteiger partial charge in [-0.25, -0.2) is 8.78 Å². The molecular formula is C12H13F2NS. The summed E-state index contributed by atoms with van der Waals surface area (Å²) in [6.07, 6.45) is 1.66. The van der Waals surface area contributed by atoms with E-state index in [0.717, 1.165) is 24.5 Å². The van der Waals surface area contributed by atoms with Crippen LogP contribution < -0.4 is 0 Å². The molecule has 1 unspecified atom stereocenters. The third-order valence-electron chi connectivity index (χ3n) is 2.54. The third kappa shape index (κ3) is 3.49. The first-order chi connectivity index (χ1) is 7.69. The van der Waals surface area contributed by atoms with E-state index in [1.807, 2.05) is 12.3 Å². The number of hydrogen-bond acceptors (Lipinski definition) is 2. The first-order valence-corrected chi connectivity index (χ1v) is 6.13. The fraction of sp³-hybridized carbons (Fsp3) is 0.417. The first-order valence-electron chi connectivity index (χ1n) is 5.14. The van der Waals surface area contributed by atoms with Gasteiger partial charge in [-0.2, -0.15) is 5.26 Å². The average Bonchev–Trinajstić information content (AvgIpc) is 2.29. The van der Waals surface area contributed by atoms with Gasteiger partial charge in [-0.05, 0) is 48.2 Å². The maximum absolute atomic E-state index is 13.0. The van der Waals surface area contributed by atoms with Crippen LogP contribution in [-0.4, -0.2) is 5.75 Å². The van der Waals surface area contributed by atoms with Crippen molar-refractivity contribution in [1.29, 1.82) is 5.26 Å². The van der Waals surface area contributed by atoms with Crippen molar-refractivity contribution in [2.45, 2.75) is 25.7 Å². The predicted octanol–water partition coefficient (Wildman–Crippen LogP) is 4.06. The molecule has 1 aromatic rings. The van der Waals surface area contributed by atoms with Crippen molar-refractivity contribution in [3.63, 3.8) is 0 Å². The molecule has 0 aromatic heterocycles. The van der Waals surface area contributed by atoms with Crippen LogP contribution in [0.1, 0.15) is 31.2 Å². The van der Waals surface area contributed by atoms with Crippen LogP contribution in [-0.2, 0) is 0 Å². The molecule has 0 spiro atoms. The van der Waals surface area contributed by atoms with Crippen LogP contribution in [0, 0.1) is 22.3 Å². The maximum atomic E-state index is 13.0. The number of thiocyanates is 1. The Morgan fingerprint density at radius 1 is 1.38 bits per heavy atom. The molecule has 1 rings (SSSR count). The molecule has 16 heavy (non-hydrogen) atoms. The molecule has 0 fully saturated rings. The highest BCUT2D eigenvalue weighted by molar-refractivity contribution is 8.03. The highest BCUT2D eigenvalue weighted by Gasteiger charge is 2.11. The minimum atomic E-state index is -0.815. The molecule has 0 saturated heterocycles. The zero-order chi connectivity index (χ0) is 12.0. The van der Waals surface area contributed by atoms with Gasteiger partial charge in [0.25, 0.3) is 0 Å². The summed E-state index contributed by atoms with van der Waals surface area (Å²) in [6, 6.07) is 4.02. The van der Waals surface area contributed by atoms with Crippen molar-refractivity contribution in [1.82, 2.24) is 0 Å². The van der Waals surface area contributed by atoms with Gasteiger partial charge in [0, 0.05) is 5.75 Å². The standard InChI is InChI=1S/C12H13F2NS/c1-2-9(5-6-16-8-15)10-3-4-11(13)12(14)7-10/h3-4,7,9H,2,5-6H2,1H3. The summed E-state index contributed by atoms with van der Waals surface area (Å²) in [6.45, 7) is 2.00. The van der Waals surface area contributed by atoms with E-state index in [-0.39, 0.29) is 5.92 Å².